The normalized spacial score (nSPS) is 16.0. The molecule has 2 aromatic rings. The van der Waals surface area contributed by atoms with Crippen LogP contribution in [0.1, 0.15) is 24.8 Å². The summed E-state index contributed by atoms with van der Waals surface area (Å²) in [5.41, 5.74) is 1.59. The average molecular weight is 339 g/mol. The number of hydroxylamine groups is 1. The molecule has 0 radical (unpaired) electrons. The number of para-hydroxylation sites is 1. The maximum Gasteiger partial charge on any atom is 0.258 e. The molecule has 5 heteroatoms. The molecular formula is C20H21NO4. The van der Waals surface area contributed by atoms with Gasteiger partial charge in [-0.2, -0.15) is 5.06 Å². The van der Waals surface area contributed by atoms with Crippen molar-refractivity contribution in [2.24, 2.45) is 0 Å². The summed E-state index contributed by atoms with van der Waals surface area (Å²) in [6.07, 6.45) is 2.30. The van der Waals surface area contributed by atoms with Crippen LogP contribution in [-0.2, 0) is 14.4 Å². The first-order chi connectivity index (χ1) is 12.2. The van der Waals surface area contributed by atoms with Gasteiger partial charge in [0.25, 0.3) is 5.91 Å². The van der Waals surface area contributed by atoms with Crippen molar-refractivity contribution in [3.63, 3.8) is 0 Å². The van der Waals surface area contributed by atoms with Gasteiger partial charge in [0.1, 0.15) is 11.5 Å². The van der Waals surface area contributed by atoms with Gasteiger partial charge in [0.15, 0.2) is 6.79 Å². The van der Waals surface area contributed by atoms with E-state index in [0.29, 0.717) is 24.5 Å². The van der Waals surface area contributed by atoms with E-state index in [9.17, 15) is 4.79 Å². The predicted molar refractivity (Wildman–Crippen MR) is 95.6 cm³/mol. The van der Waals surface area contributed by atoms with Crippen molar-refractivity contribution in [3.8, 4) is 11.5 Å². The molecule has 130 valence electrons. The molecule has 25 heavy (non-hydrogen) atoms. The molecule has 5 nitrogen and oxygen atoms in total. The van der Waals surface area contributed by atoms with Crippen LogP contribution in [0.15, 0.2) is 61.2 Å². The highest BCUT2D eigenvalue weighted by Gasteiger charge is 2.38. The number of carbonyl (C=O) groups excluding carboxylic acids is 1. The second-order valence-electron chi connectivity index (χ2n) is 5.59. The number of ether oxygens (including phenoxy) is 2. The van der Waals surface area contributed by atoms with Crippen LogP contribution in [0.25, 0.3) is 0 Å². The van der Waals surface area contributed by atoms with E-state index in [1.54, 1.807) is 6.08 Å². The highest BCUT2D eigenvalue weighted by molar-refractivity contribution is 6.03. The van der Waals surface area contributed by atoms with Crippen LogP contribution in [0.5, 0.6) is 11.5 Å². The Morgan fingerprint density at radius 3 is 2.68 bits per heavy atom. The summed E-state index contributed by atoms with van der Waals surface area (Å²) < 4.78 is 11.1. The van der Waals surface area contributed by atoms with Crippen molar-refractivity contribution in [2.75, 3.05) is 18.5 Å². The first-order valence-electron chi connectivity index (χ1n) is 8.27. The molecule has 2 aromatic carbocycles. The Hall–Kier alpha value is -2.63. The van der Waals surface area contributed by atoms with E-state index in [1.807, 2.05) is 55.5 Å². The van der Waals surface area contributed by atoms with Gasteiger partial charge in [-0.15, -0.1) is 6.58 Å². The molecule has 1 unspecified atom stereocenters. The third kappa shape index (κ3) is 3.73. The lowest BCUT2D eigenvalue weighted by Gasteiger charge is -2.17. The standard InChI is InChI=1S/C20H21NO4/c1-3-8-18-17-12-11-16(25-15-9-6-5-7-10-15)13-19(17)21(20(18)22)24-14-23-4-2/h3,5-7,9-13,18H,1,4,8,14H2,2H3. The third-order valence-electron chi connectivity index (χ3n) is 3.94. The monoisotopic (exact) mass is 339 g/mol. The number of amides is 1. The van der Waals surface area contributed by atoms with E-state index in [-0.39, 0.29) is 18.6 Å². The van der Waals surface area contributed by atoms with Crippen LogP contribution >= 0.6 is 0 Å². The van der Waals surface area contributed by atoms with Gasteiger partial charge in [-0.3, -0.25) is 4.79 Å². The topological polar surface area (TPSA) is 48.0 Å². The molecule has 0 saturated carbocycles. The first-order valence-corrected chi connectivity index (χ1v) is 8.27. The fourth-order valence-corrected chi connectivity index (χ4v) is 2.78. The van der Waals surface area contributed by atoms with Crippen LogP contribution in [0.4, 0.5) is 5.69 Å². The second-order valence-corrected chi connectivity index (χ2v) is 5.59. The molecule has 0 bridgehead atoms. The quantitative estimate of drug-likeness (QED) is 0.406. The lowest BCUT2D eigenvalue weighted by Crippen LogP contribution is -2.30. The van der Waals surface area contributed by atoms with Crippen LogP contribution < -0.4 is 9.80 Å². The third-order valence-corrected chi connectivity index (χ3v) is 3.94. The SMILES string of the molecule is C=CCC1C(=O)N(OCOCC)c2cc(Oc3ccccc3)ccc21. The number of nitrogens with zero attached hydrogens (tertiary/aromatic N) is 1. The van der Waals surface area contributed by atoms with E-state index in [2.05, 4.69) is 6.58 Å². The molecule has 3 rings (SSSR count). The summed E-state index contributed by atoms with van der Waals surface area (Å²) in [7, 11) is 0. The fourth-order valence-electron chi connectivity index (χ4n) is 2.78. The maximum atomic E-state index is 12.7. The van der Waals surface area contributed by atoms with E-state index >= 15 is 0 Å². The van der Waals surface area contributed by atoms with Crippen LogP contribution in [0, 0.1) is 0 Å². The zero-order valence-electron chi connectivity index (χ0n) is 14.2. The molecule has 0 spiro atoms. The molecule has 1 atom stereocenters. The van der Waals surface area contributed by atoms with E-state index in [0.717, 1.165) is 11.3 Å². The highest BCUT2D eigenvalue weighted by atomic mass is 16.8. The minimum Gasteiger partial charge on any atom is -0.457 e. The fraction of sp³-hybridized carbons (Fsp3) is 0.250. The van der Waals surface area contributed by atoms with E-state index in [4.69, 9.17) is 14.3 Å². The summed E-state index contributed by atoms with van der Waals surface area (Å²) >= 11 is 0. The van der Waals surface area contributed by atoms with Crippen LogP contribution in [0.2, 0.25) is 0 Å². The second kappa shape index (κ2) is 7.96. The van der Waals surface area contributed by atoms with Gasteiger partial charge in [-0.05, 0) is 37.1 Å². The van der Waals surface area contributed by atoms with Gasteiger partial charge in [-0.25, -0.2) is 4.84 Å². The van der Waals surface area contributed by atoms with Gasteiger partial charge in [0, 0.05) is 12.7 Å². The Morgan fingerprint density at radius 2 is 1.96 bits per heavy atom. The molecule has 1 heterocycles. The molecule has 0 aromatic heterocycles. The lowest BCUT2D eigenvalue weighted by molar-refractivity contribution is -0.133. The Morgan fingerprint density at radius 1 is 1.16 bits per heavy atom. The van der Waals surface area contributed by atoms with Gasteiger partial charge >= 0.3 is 0 Å². The highest BCUT2D eigenvalue weighted by Crippen LogP contribution is 2.42. The van der Waals surface area contributed by atoms with Crippen LogP contribution in [0.3, 0.4) is 0 Å². The van der Waals surface area contributed by atoms with Crippen molar-refractivity contribution >= 4 is 11.6 Å². The van der Waals surface area contributed by atoms with Gasteiger partial charge in [-0.1, -0.05) is 30.3 Å². The van der Waals surface area contributed by atoms with Gasteiger partial charge in [0.2, 0.25) is 0 Å². The number of benzene rings is 2. The van der Waals surface area contributed by atoms with E-state index in [1.165, 1.54) is 5.06 Å². The summed E-state index contributed by atoms with van der Waals surface area (Å²) in [6.45, 7) is 6.15. The van der Waals surface area contributed by atoms with Crippen molar-refractivity contribution in [1.82, 2.24) is 0 Å². The number of hydrogen-bond acceptors (Lipinski definition) is 4. The average Bonchev–Trinajstić information content (AvgIpc) is 2.88. The largest absolute Gasteiger partial charge is 0.457 e. The number of fused-ring (bicyclic) bond motifs is 1. The molecule has 0 saturated heterocycles. The van der Waals surface area contributed by atoms with Crippen molar-refractivity contribution in [3.05, 3.63) is 66.7 Å². The van der Waals surface area contributed by atoms with Crippen molar-refractivity contribution in [2.45, 2.75) is 19.3 Å². The minimum absolute atomic E-state index is 0.0201. The number of allylic oxidation sites excluding steroid dienone is 1. The minimum atomic E-state index is -0.292. The van der Waals surface area contributed by atoms with E-state index < -0.39 is 0 Å². The Bertz CT molecular complexity index is 745. The summed E-state index contributed by atoms with van der Waals surface area (Å²) in [4.78, 5) is 18.2. The number of rotatable bonds is 8. The lowest BCUT2D eigenvalue weighted by atomic mass is 9.97. The Kier molecular flexibility index (Phi) is 5.48. The first kappa shape index (κ1) is 17.2. The van der Waals surface area contributed by atoms with Gasteiger partial charge in [0.05, 0.1) is 11.6 Å². The molecule has 0 N–H and O–H groups in total. The van der Waals surface area contributed by atoms with Gasteiger partial charge < -0.3 is 9.47 Å². The Balaban J connectivity index is 1.88. The maximum absolute atomic E-state index is 12.7. The number of carbonyl (C=O) groups is 1. The number of anilines is 1. The molecular weight excluding hydrogens is 318 g/mol. The molecule has 1 amide bonds. The smallest absolute Gasteiger partial charge is 0.258 e. The summed E-state index contributed by atoms with van der Waals surface area (Å²) in [5, 5.41) is 1.30. The summed E-state index contributed by atoms with van der Waals surface area (Å²) in [6, 6.07) is 15.1. The number of hydrogen-bond donors (Lipinski definition) is 0. The van der Waals surface area contributed by atoms with Crippen molar-refractivity contribution in [1.29, 1.82) is 0 Å². The van der Waals surface area contributed by atoms with Crippen molar-refractivity contribution < 1.29 is 19.1 Å². The van der Waals surface area contributed by atoms with Crippen LogP contribution in [-0.4, -0.2) is 19.3 Å². The Labute approximate surface area is 147 Å². The molecule has 1 aliphatic heterocycles. The molecule has 1 aliphatic rings. The summed E-state index contributed by atoms with van der Waals surface area (Å²) in [5.74, 6) is 0.963. The zero-order valence-corrected chi connectivity index (χ0v) is 14.2. The molecule has 0 fully saturated rings. The predicted octanol–water partition coefficient (Wildman–Crippen LogP) is 4.41. The zero-order chi connectivity index (χ0) is 17.6. The molecule has 0 aliphatic carbocycles.